The van der Waals surface area contributed by atoms with E-state index >= 15 is 0 Å². The fourth-order valence-corrected chi connectivity index (χ4v) is 3.12. The Hall–Kier alpha value is -2.16. The number of rotatable bonds is 5. The van der Waals surface area contributed by atoms with Gasteiger partial charge in [-0.2, -0.15) is 18.3 Å². The molecule has 0 unspecified atom stereocenters. The van der Waals surface area contributed by atoms with Gasteiger partial charge in [-0.1, -0.05) is 13.3 Å². The number of nitrogens with one attached hydrogen (secondary N) is 2. The minimum atomic E-state index is -4.45. The van der Waals surface area contributed by atoms with Crippen molar-refractivity contribution in [2.45, 2.75) is 51.7 Å². The second-order valence-corrected chi connectivity index (χ2v) is 6.52. The van der Waals surface area contributed by atoms with Crippen LogP contribution in [0.4, 0.5) is 24.8 Å². The molecule has 0 spiro atoms. The Morgan fingerprint density at radius 1 is 1.31 bits per heavy atom. The van der Waals surface area contributed by atoms with Crippen LogP contribution in [-0.4, -0.2) is 32.8 Å². The van der Waals surface area contributed by atoms with E-state index < -0.39 is 11.7 Å². The van der Waals surface area contributed by atoms with E-state index in [0.717, 1.165) is 37.8 Å². The molecule has 9 heteroatoms. The Bertz CT molecular complexity index is 749. The zero-order valence-corrected chi connectivity index (χ0v) is 14.9. The van der Waals surface area contributed by atoms with Crippen LogP contribution in [0.15, 0.2) is 12.4 Å². The zero-order chi connectivity index (χ0) is 18.7. The minimum Gasteiger partial charge on any atom is -0.321 e. The highest BCUT2D eigenvalue weighted by Crippen LogP contribution is 2.32. The molecule has 0 aliphatic carbocycles. The molecule has 0 radical (unpaired) electrons. The van der Waals surface area contributed by atoms with Crippen LogP contribution in [-0.2, 0) is 12.6 Å². The molecule has 3 heterocycles. The van der Waals surface area contributed by atoms with Crippen molar-refractivity contribution in [3.05, 3.63) is 29.3 Å². The largest absolute Gasteiger partial charge is 0.419 e. The third kappa shape index (κ3) is 4.14. The van der Waals surface area contributed by atoms with Crippen molar-refractivity contribution in [2.75, 3.05) is 18.4 Å². The summed E-state index contributed by atoms with van der Waals surface area (Å²) in [4.78, 5) is 7.95. The summed E-state index contributed by atoms with van der Waals surface area (Å²) in [5.41, 5.74) is 0.725. The minimum absolute atomic E-state index is 0.0147. The lowest BCUT2D eigenvalue weighted by Crippen LogP contribution is -2.29. The maximum Gasteiger partial charge on any atom is 0.419 e. The fraction of sp³-hybridized carbons (Fsp3) is 0.588. The summed E-state index contributed by atoms with van der Waals surface area (Å²) in [7, 11) is 0. The molecular formula is C17H23F3N6. The molecule has 0 saturated carbocycles. The van der Waals surface area contributed by atoms with Gasteiger partial charge in [-0.15, -0.1) is 0 Å². The molecule has 3 rings (SSSR count). The Morgan fingerprint density at radius 3 is 2.69 bits per heavy atom. The monoisotopic (exact) mass is 368 g/mol. The average Bonchev–Trinajstić information content (AvgIpc) is 2.96. The molecule has 1 aliphatic heterocycles. The van der Waals surface area contributed by atoms with E-state index in [9.17, 15) is 13.2 Å². The first kappa shape index (κ1) is 18.6. The van der Waals surface area contributed by atoms with E-state index in [1.807, 2.05) is 24.7 Å². The molecule has 0 atom stereocenters. The van der Waals surface area contributed by atoms with Crippen molar-refractivity contribution < 1.29 is 13.2 Å². The molecule has 2 N–H and O–H groups in total. The number of aryl methyl sites for hydroxylation is 2. The summed E-state index contributed by atoms with van der Waals surface area (Å²) in [5.74, 6) is 0.161. The first-order valence-corrected chi connectivity index (χ1v) is 8.85. The van der Waals surface area contributed by atoms with Crippen LogP contribution in [0, 0.1) is 6.92 Å². The predicted molar refractivity (Wildman–Crippen MR) is 92.4 cm³/mol. The normalized spacial score (nSPS) is 16.0. The van der Waals surface area contributed by atoms with Crippen LogP contribution in [0.2, 0.25) is 0 Å². The van der Waals surface area contributed by atoms with Gasteiger partial charge < -0.3 is 10.6 Å². The molecule has 2 aromatic heterocycles. The van der Waals surface area contributed by atoms with E-state index in [1.54, 1.807) is 0 Å². The van der Waals surface area contributed by atoms with E-state index in [2.05, 4.69) is 25.7 Å². The molecule has 1 aliphatic rings. The number of hydrogen-bond donors (Lipinski definition) is 2. The molecule has 1 fully saturated rings. The van der Waals surface area contributed by atoms with Crippen LogP contribution in [0.3, 0.4) is 0 Å². The van der Waals surface area contributed by atoms with Crippen LogP contribution >= 0.6 is 0 Å². The van der Waals surface area contributed by atoms with Gasteiger partial charge in [-0.25, -0.2) is 9.97 Å². The Kier molecular flexibility index (Phi) is 5.45. The van der Waals surface area contributed by atoms with Crippen molar-refractivity contribution in [1.29, 1.82) is 0 Å². The third-order valence-electron chi connectivity index (χ3n) is 4.51. The van der Waals surface area contributed by atoms with E-state index in [1.165, 1.54) is 0 Å². The molecule has 6 nitrogen and oxygen atoms in total. The van der Waals surface area contributed by atoms with Crippen molar-refractivity contribution >= 4 is 11.6 Å². The zero-order valence-electron chi connectivity index (χ0n) is 14.9. The van der Waals surface area contributed by atoms with Crippen LogP contribution in [0.1, 0.15) is 49.2 Å². The van der Waals surface area contributed by atoms with Crippen molar-refractivity contribution in [3.63, 3.8) is 0 Å². The first-order valence-electron chi connectivity index (χ1n) is 8.85. The number of aromatic nitrogens is 4. The van der Waals surface area contributed by atoms with Crippen LogP contribution < -0.4 is 10.6 Å². The standard InChI is InChI=1S/C17H23F3N6/c1-3-4-14-13(17(18,19)20)9-22-16(23-14)24-15-10-26(25-11(15)2)12-5-7-21-8-6-12/h9-10,12,21H,3-8H2,1-2H3,(H,22,23,24). The van der Waals surface area contributed by atoms with Gasteiger partial charge in [0, 0.05) is 12.4 Å². The van der Waals surface area contributed by atoms with Gasteiger partial charge in [0.05, 0.1) is 28.7 Å². The summed E-state index contributed by atoms with van der Waals surface area (Å²) in [6.07, 6.45) is 1.11. The molecule has 142 valence electrons. The van der Waals surface area contributed by atoms with Crippen LogP contribution in [0.25, 0.3) is 0 Å². The highest BCUT2D eigenvalue weighted by Gasteiger charge is 2.34. The van der Waals surface area contributed by atoms with Gasteiger partial charge in [-0.05, 0) is 39.3 Å². The molecule has 0 aromatic carbocycles. The number of anilines is 2. The SMILES string of the molecule is CCCc1nc(Nc2cn(C3CCNCC3)nc2C)ncc1C(F)(F)F. The number of piperidine rings is 1. The lowest BCUT2D eigenvalue weighted by Gasteiger charge is -2.22. The summed E-state index contributed by atoms with van der Waals surface area (Å²) < 4.78 is 41.2. The van der Waals surface area contributed by atoms with Gasteiger partial charge in [0.15, 0.2) is 0 Å². The number of halogens is 3. The topological polar surface area (TPSA) is 67.7 Å². The summed E-state index contributed by atoms with van der Waals surface area (Å²) in [6.45, 7) is 5.59. The van der Waals surface area contributed by atoms with E-state index in [4.69, 9.17) is 0 Å². The maximum atomic E-state index is 13.1. The predicted octanol–water partition coefficient (Wildman–Crippen LogP) is 3.62. The van der Waals surface area contributed by atoms with Gasteiger partial charge in [-0.3, -0.25) is 4.68 Å². The summed E-state index contributed by atoms with van der Waals surface area (Å²) in [5, 5.41) is 10.9. The Labute approximate surface area is 150 Å². The van der Waals surface area contributed by atoms with Gasteiger partial charge in [0.1, 0.15) is 0 Å². The first-order chi connectivity index (χ1) is 12.4. The number of alkyl halides is 3. The Morgan fingerprint density at radius 2 is 2.04 bits per heavy atom. The maximum absolute atomic E-state index is 13.1. The molecule has 0 bridgehead atoms. The Balaban J connectivity index is 1.82. The highest BCUT2D eigenvalue weighted by molar-refractivity contribution is 5.55. The summed E-state index contributed by atoms with van der Waals surface area (Å²) >= 11 is 0. The number of nitrogens with zero attached hydrogens (tertiary/aromatic N) is 4. The molecule has 2 aromatic rings. The molecular weight excluding hydrogens is 345 g/mol. The highest BCUT2D eigenvalue weighted by atomic mass is 19.4. The second kappa shape index (κ2) is 7.61. The molecule has 1 saturated heterocycles. The van der Waals surface area contributed by atoms with Gasteiger partial charge in [0.25, 0.3) is 0 Å². The average molecular weight is 368 g/mol. The van der Waals surface area contributed by atoms with Crippen molar-refractivity contribution in [2.24, 2.45) is 0 Å². The number of hydrogen-bond acceptors (Lipinski definition) is 5. The van der Waals surface area contributed by atoms with E-state index in [0.29, 0.717) is 18.2 Å². The molecule has 26 heavy (non-hydrogen) atoms. The van der Waals surface area contributed by atoms with Crippen LogP contribution in [0.5, 0.6) is 0 Å². The summed E-state index contributed by atoms with van der Waals surface area (Å²) in [6, 6.07) is 0.328. The lowest BCUT2D eigenvalue weighted by atomic mass is 10.1. The van der Waals surface area contributed by atoms with Gasteiger partial charge >= 0.3 is 6.18 Å². The van der Waals surface area contributed by atoms with Crippen molar-refractivity contribution in [1.82, 2.24) is 25.1 Å². The second-order valence-electron chi connectivity index (χ2n) is 6.52. The molecule has 0 amide bonds. The quantitative estimate of drug-likeness (QED) is 0.844. The van der Waals surface area contributed by atoms with Gasteiger partial charge in [0.2, 0.25) is 5.95 Å². The van der Waals surface area contributed by atoms with E-state index in [-0.39, 0.29) is 18.1 Å². The fourth-order valence-electron chi connectivity index (χ4n) is 3.12. The lowest BCUT2D eigenvalue weighted by molar-refractivity contribution is -0.138. The third-order valence-corrected chi connectivity index (χ3v) is 4.51. The smallest absolute Gasteiger partial charge is 0.321 e. The van der Waals surface area contributed by atoms with Crippen molar-refractivity contribution in [3.8, 4) is 0 Å².